The van der Waals surface area contributed by atoms with Gasteiger partial charge in [-0.3, -0.25) is 9.78 Å². The van der Waals surface area contributed by atoms with E-state index in [2.05, 4.69) is 15.2 Å². The predicted molar refractivity (Wildman–Crippen MR) is 179 cm³/mol. The number of amides is 1. The average Bonchev–Trinajstić information content (AvgIpc) is 3.09. The van der Waals surface area contributed by atoms with Crippen molar-refractivity contribution < 1.29 is 36.9 Å². The first-order valence-electron chi connectivity index (χ1n) is 15.8. The summed E-state index contributed by atoms with van der Waals surface area (Å²) < 4.78 is 63.3. The minimum absolute atomic E-state index is 0.0831. The van der Waals surface area contributed by atoms with Gasteiger partial charge < -0.3 is 29.2 Å². The molecule has 5 aromatic rings. The highest BCUT2D eigenvalue weighted by Crippen LogP contribution is 2.39. The summed E-state index contributed by atoms with van der Waals surface area (Å²) in [7, 11) is 2.92. The third-order valence-corrected chi connectivity index (χ3v) is 8.41. The quantitative estimate of drug-likeness (QED) is 0.142. The summed E-state index contributed by atoms with van der Waals surface area (Å²) in [5.74, 6) is 1.80. The van der Waals surface area contributed by atoms with Crippen molar-refractivity contribution in [2.75, 3.05) is 45.8 Å². The number of pyridine rings is 1. The van der Waals surface area contributed by atoms with Gasteiger partial charge in [-0.05, 0) is 97.7 Å². The Morgan fingerprint density at radius 3 is 2.44 bits per heavy atom. The van der Waals surface area contributed by atoms with Gasteiger partial charge in [-0.25, -0.2) is 0 Å². The van der Waals surface area contributed by atoms with E-state index >= 15 is 0 Å². The Kier molecular flexibility index (Phi) is 9.86. The lowest BCUT2D eigenvalue weighted by Gasteiger charge is -2.26. The minimum atomic E-state index is -4.57. The van der Waals surface area contributed by atoms with Gasteiger partial charge in [0.25, 0.3) is 5.91 Å². The molecule has 48 heavy (non-hydrogen) atoms. The summed E-state index contributed by atoms with van der Waals surface area (Å²) in [6.45, 7) is 3.88. The van der Waals surface area contributed by atoms with Gasteiger partial charge in [-0.15, -0.1) is 0 Å². The van der Waals surface area contributed by atoms with E-state index in [0.29, 0.717) is 45.9 Å². The normalized spacial score (nSPS) is 13.8. The monoisotopic (exact) mass is 659 g/mol. The fourth-order valence-corrected chi connectivity index (χ4v) is 5.96. The maximum atomic E-state index is 13.3. The number of halogens is 3. The van der Waals surface area contributed by atoms with Gasteiger partial charge in [-0.1, -0.05) is 18.6 Å². The number of nitrogens with zero attached hydrogens (tertiary/aromatic N) is 2. The summed E-state index contributed by atoms with van der Waals surface area (Å²) in [6.07, 6.45) is 1.84. The average molecular weight is 660 g/mol. The number of rotatable bonds is 11. The van der Waals surface area contributed by atoms with Crippen LogP contribution in [0, 0.1) is 0 Å². The van der Waals surface area contributed by atoms with Gasteiger partial charge in [0.2, 0.25) is 0 Å². The van der Waals surface area contributed by atoms with E-state index in [4.69, 9.17) is 18.9 Å². The second kappa shape index (κ2) is 14.4. The molecule has 6 rings (SSSR count). The number of carbonyl (C=O) groups is 1. The first kappa shape index (κ1) is 32.9. The van der Waals surface area contributed by atoms with Crippen LogP contribution in [0.25, 0.3) is 21.7 Å². The summed E-state index contributed by atoms with van der Waals surface area (Å²) in [5.41, 5.74) is -0.0167. The second-order valence-electron chi connectivity index (χ2n) is 11.6. The van der Waals surface area contributed by atoms with Crippen LogP contribution in [0.2, 0.25) is 0 Å². The Morgan fingerprint density at radius 2 is 1.67 bits per heavy atom. The topological polar surface area (TPSA) is 82.2 Å². The van der Waals surface area contributed by atoms with Crippen LogP contribution in [-0.4, -0.2) is 56.3 Å². The van der Waals surface area contributed by atoms with E-state index in [1.807, 2.05) is 18.2 Å². The smallest absolute Gasteiger partial charge is 0.416 e. The van der Waals surface area contributed by atoms with E-state index in [0.717, 1.165) is 43.6 Å². The molecular formula is C37H36F3N3O5. The molecule has 1 fully saturated rings. The van der Waals surface area contributed by atoms with Crippen LogP contribution in [0.5, 0.6) is 28.7 Å². The molecule has 1 saturated heterocycles. The number of likely N-dealkylation sites (tertiary alicyclic amines) is 1. The van der Waals surface area contributed by atoms with E-state index in [-0.39, 0.29) is 17.0 Å². The molecule has 8 nitrogen and oxygen atoms in total. The number of carbonyl (C=O) groups excluding carboxylic acids is 1. The molecule has 0 unspecified atom stereocenters. The van der Waals surface area contributed by atoms with Crippen LogP contribution in [0.3, 0.4) is 0 Å². The zero-order chi connectivity index (χ0) is 33.7. The van der Waals surface area contributed by atoms with Crippen molar-refractivity contribution in [3.8, 4) is 28.7 Å². The lowest BCUT2D eigenvalue weighted by atomic mass is 10.0. The molecule has 1 N–H and O–H groups in total. The molecule has 1 aliphatic rings. The number of anilines is 1. The number of fused-ring (bicyclic) bond motifs is 2. The second-order valence-corrected chi connectivity index (χ2v) is 11.6. The molecule has 1 amide bonds. The van der Waals surface area contributed by atoms with Gasteiger partial charge in [0.1, 0.15) is 17.2 Å². The van der Waals surface area contributed by atoms with Crippen molar-refractivity contribution in [2.45, 2.75) is 31.9 Å². The minimum Gasteiger partial charge on any atom is -0.495 e. The van der Waals surface area contributed by atoms with E-state index in [1.165, 1.54) is 32.4 Å². The molecule has 0 radical (unpaired) electrons. The summed E-state index contributed by atoms with van der Waals surface area (Å²) in [6, 6.07) is 18.8. The number of piperidine rings is 1. The zero-order valence-electron chi connectivity index (χ0n) is 26.7. The number of ether oxygens (including phenoxy) is 4. The van der Waals surface area contributed by atoms with Crippen molar-refractivity contribution in [3.05, 3.63) is 90.1 Å². The van der Waals surface area contributed by atoms with Crippen LogP contribution < -0.4 is 24.3 Å². The van der Waals surface area contributed by atoms with Gasteiger partial charge in [0.05, 0.1) is 37.6 Å². The van der Waals surface area contributed by atoms with Crippen LogP contribution >= 0.6 is 0 Å². The Hall–Kier alpha value is -5.03. The van der Waals surface area contributed by atoms with E-state index in [9.17, 15) is 18.0 Å². The predicted octanol–water partition coefficient (Wildman–Crippen LogP) is 8.72. The Morgan fingerprint density at radius 1 is 0.854 bits per heavy atom. The number of hydrogen-bond acceptors (Lipinski definition) is 7. The van der Waals surface area contributed by atoms with Gasteiger partial charge in [0.15, 0.2) is 11.5 Å². The lowest BCUT2D eigenvalue weighted by molar-refractivity contribution is -0.137. The van der Waals surface area contributed by atoms with Crippen LogP contribution in [0.15, 0.2) is 79.0 Å². The molecule has 250 valence electrons. The standard InChI is InChI=1S/C37H36F3N3O5/c1-45-33-13-10-25(37(38,39)40)21-31(33)42-36(44)28-9-6-8-24-20-26(11-12-27(24)28)48-32-14-15-41-30-23-35(34(46-2)22-29(30)32)47-19-7-18-43-16-4-3-5-17-43/h6,8-15,20-23H,3-5,7,16-19H2,1-2H3,(H,42,44). The first-order chi connectivity index (χ1) is 23.2. The van der Waals surface area contributed by atoms with Gasteiger partial charge in [-0.2, -0.15) is 13.2 Å². The number of benzene rings is 4. The Balaban J connectivity index is 1.20. The van der Waals surface area contributed by atoms with Gasteiger partial charge >= 0.3 is 6.18 Å². The molecule has 1 aliphatic heterocycles. The summed E-state index contributed by atoms with van der Waals surface area (Å²) in [5, 5.41) is 4.61. The SMILES string of the molecule is COc1ccc(C(F)(F)F)cc1NC(=O)c1cccc2cc(Oc3ccnc4cc(OCCCN5CCCCC5)c(OC)cc34)ccc12. The molecule has 2 heterocycles. The van der Waals surface area contributed by atoms with Crippen LogP contribution in [-0.2, 0) is 6.18 Å². The van der Waals surface area contributed by atoms with Crippen molar-refractivity contribution in [1.82, 2.24) is 9.88 Å². The zero-order valence-corrected chi connectivity index (χ0v) is 26.7. The molecule has 11 heteroatoms. The molecule has 0 saturated carbocycles. The highest BCUT2D eigenvalue weighted by atomic mass is 19.4. The lowest BCUT2D eigenvalue weighted by Crippen LogP contribution is -2.31. The first-order valence-corrected chi connectivity index (χ1v) is 15.8. The Labute approximate surface area is 276 Å². The summed E-state index contributed by atoms with van der Waals surface area (Å²) >= 11 is 0. The molecule has 0 bridgehead atoms. The summed E-state index contributed by atoms with van der Waals surface area (Å²) in [4.78, 5) is 20.3. The molecule has 0 atom stereocenters. The van der Waals surface area contributed by atoms with E-state index < -0.39 is 17.6 Å². The largest absolute Gasteiger partial charge is 0.495 e. The number of aromatic nitrogens is 1. The third kappa shape index (κ3) is 7.41. The van der Waals surface area contributed by atoms with Crippen LogP contribution in [0.1, 0.15) is 41.6 Å². The third-order valence-electron chi connectivity index (χ3n) is 8.41. The number of alkyl halides is 3. The fraction of sp³-hybridized carbons (Fsp3) is 0.297. The number of hydrogen-bond donors (Lipinski definition) is 1. The van der Waals surface area contributed by atoms with Crippen molar-refractivity contribution >= 4 is 33.3 Å². The highest BCUT2D eigenvalue weighted by molar-refractivity contribution is 6.13. The number of nitrogens with one attached hydrogen (secondary N) is 1. The maximum Gasteiger partial charge on any atom is 0.416 e. The molecule has 4 aromatic carbocycles. The number of methoxy groups -OCH3 is 2. The highest BCUT2D eigenvalue weighted by Gasteiger charge is 2.31. The van der Waals surface area contributed by atoms with Crippen molar-refractivity contribution in [1.29, 1.82) is 0 Å². The Bertz CT molecular complexity index is 1930. The maximum absolute atomic E-state index is 13.3. The molecular weight excluding hydrogens is 623 g/mol. The van der Waals surface area contributed by atoms with Crippen LogP contribution in [0.4, 0.5) is 18.9 Å². The van der Waals surface area contributed by atoms with E-state index in [1.54, 1.807) is 49.7 Å². The molecule has 1 aromatic heterocycles. The molecule has 0 spiro atoms. The van der Waals surface area contributed by atoms with Crippen molar-refractivity contribution in [3.63, 3.8) is 0 Å². The van der Waals surface area contributed by atoms with Gasteiger partial charge in [0, 0.05) is 29.8 Å². The van der Waals surface area contributed by atoms with Crippen molar-refractivity contribution in [2.24, 2.45) is 0 Å². The fourth-order valence-electron chi connectivity index (χ4n) is 5.96. The molecule has 0 aliphatic carbocycles.